The standard InChI is InChI=1S/C25H27NO7S/c1-29-20-11-9-17(14-19(20)28)34-26-23-16(8-10-18(27)24(23)32-4)7-6-15-12-21(30-2)25(33-5)22(13-15)31-3/h6-14,26-28H,1-5H3/b7-6-. The first-order chi connectivity index (χ1) is 16.4. The SMILES string of the molecule is COc1ccc(SNc2c(/C=C\c3cc(OC)c(OC)c(OC)c3)ccc(O)c2OC)cc1O. The number of aromatic hydroxyl groups is 2. The Morgan fingerprint density at radius 1 is 0.676 bits per heavy atom. The summed E-state index contributed by atoms with van der Waals surface area (Å²) in [6.07, 6.45) is 3.75. The molecule has 180 valence electrons. The minimum absolute atomic E-state index is 0.00638. The number of methoxy groups -OCH3 is 5. The molecule has 0 heterocycles. The van der Waals surface area contributed by atoms with E-state index in [0.29, 0.717) is 28.7 Å². The monoisotopic (exact) mass is 485 g/mol. The molecule has 8 nitrogen and oxygen atoms in total. The van der Waals surface area contributed by atoms with E-state index >= 15 is 0 Å². The van der Waals surface area contributed by atoms with Crippen LogP contribution >= 0.6 is 11.9 Å². The Kier molecular flexibility index (Phi) is 8.26. The molecule has 0 unspecified atom stereocenters. The van der Waals surface area contributed by atoms with E-state index in [4.69, 9.17) is 23.7 Å². The van der Waals surface area contributed by atoms with Crippen molar-refractivity contribution >= 4 is 29.8 Å². The molecule has 0 bridgehead atoms. The van der Waals surface area contributed by atoms with Gasteiger partial charge in [0.05, 0.1) is 41.2 Å². The van der Waals surface area contributed by atoms with Crippen LogP contribution in [0.4, 0.5) is 5.69 Å². The lowest BCUT2D eigenvalue weighted by atomic mass is 10.1. The lowest BCUT2D eigenvalue weighted by Crippen LogP contribution is -1.96. The van der Waals surface area contributed by atoms with E-state index in [-0.39, 0.29) is 17.2 Å². The summed E-state index contributed by atoms with van der Waals surface area (Å²) in [5.74, 6) is 2.28. The number of anilines is 1. The fourth-order valence-electron chi connectivity index (χ4n) is 3.26. The van der Waals surface area contributed by atoms with Crippen molar-refractivity contribution in [3.63, 3.8) is 0 Å². The van der Waals surface area contributed by atoms with Crippen molar-refractivity contribution in [1.82, 2.24) is 0 Å². The van der Waals surface area contributed by atoms with Crippen LogP contribution < -0.4 is 28.4 Å². The van der Waals surface area contributed by atoms with Gasteiger partial charge < -0.3 is 38.6 Å². The van der Waals surface area contributed by atoms with E-state index in [1.165, 1.54) is 26.2 Å². The first-order valence-electron chi connectivity index (χ1n) is 10.1. The van der Waals surface area contributed by atoms with Gasteiger partial charge in [-0.1, -0.05) is 12.2 Å². The van der Waals surface area contributed by atoms with Crippen molar-refractivity contribution < 1.29 is 33.9 Å². The van der Waals surface area contributed by atoms with E-state index < -0.39 is 0 Å². The van der Waals surface area contributed by atoms with Gasteiger partial charge in [-0.2, -0.15) is 0 Å². The molecule has 0 atom stereocenters. The molecule has 0 aliphatic rings. The molecule has 34 heavy (non-hydrogen) atoms. The largest absolute Gasteiger partial charge is 0.504 e. The predicted molar refractivity (Wildman–Crippen MR) is 134 cm³/mol. The molecule has 0 saturated carbocycles. The zero-order valence-corrected chi connectivity index (χ0v) is 20.4. The summed E-state index contributed by atoms with van der Waals surface area (Å²) in [6.45, 7) is 0. The third-order valence-electron chi connectivity index (χ3n) is 4.94. The van der Waals surface area contributed by atoms with Gasteiger partial charge in [0.2, 0.25) is 5.75 Å². The van der Waals surface area contributed by atoms with Crippen LogP contribution in [-0.4, -0.2) is 45.8 Å². The van der Waals surface area contributed by atoms with Gasteiger partial charge in [-0.05, 0) is 60.0 Å². The second kappa shape index (κ2) is 11.3. The van der Waals surface area contributed by atoms with Crippen molar-refractivity contribution in [3.05, 3.63) is 53.6 Å². The van der Waals surface area contributed by atoms with Crippen molar-refractivity contribution in [2.24, 2.45) is 0 Å². The summed E-state index contributed by atoms with van der Waals surface area (Å²) in [7, 11) is 7.65. The molecule has 0 aliphatic heterocycles. The third kappa shape index (κ3) is 5.37. The van der Waals surface area contributed by atoms with E-state index in [9.17, 15) is 10.2 Å². The van der Waals surface area contributed by atoms with Gasteiger partial charge in [0, 0.05) is 10.5 Å². The molecule has 0 aromatic heterocycles. The molecule has 0 spiro atoms. The molecular formula is C25H27NO7S. The van der Waals surface area contributed by atoms with Crippen LogP contribution in [0.25, 0.3) is 12.2 Å². The average molecular weight is 486 g/mol. The third-order valence-corrected chi connectivity index (χ3v) is 5.73. The molecule has 3 N–H and O–H groups in total. The van der Waals surface area contributed by atoms with Crippen LogP contribution in [0.3, 0.4) is 0 Å². The van der Waals surface area contributed by atoms with Gasteiger partial charge in [-0.15, -0.1) is 0 Å². The zero-order valence-electron chi connectivity index (χ0n) is 19.5. The highest BCUT2D eigenvalue weighted by molar-refractivity contribution is 8.00. The molecule has 0 radical (unpaired) electrons. The topological polar surface area (TPSA) is 98.6 Å². The van der Waals surface area contributed by atoms with Crippen molar-refractivity contribution in [2.75, 3.05) is 40.3 Å². The van der Waals surface area contributed by atoms with Crippen LogP contribution in [0, 0.1) is 0 Å². The first kappa shape index (κ1) is 24.8. The normalized spacial score (nSPS) is 10.7. The zero-order chi connectivity index (χ0) is 24.7. The molecule has 9 heteroatoms. The summed E-state index contributed by atoms with van der Waals surface area (Å²) in [5, 5.41) is 20.4. The van der Waals surface area contributed by atoms with Gasteiger partial charge >= 0.3 is 0 Å². The van der Waals surface area contributed by atoms with Gasteiger partial charge in [-0.3, -0.25) is 0 Å². The Morgan fingerprint density at radius 2 is 1.32 bits per heavy atom. The predicted octanol–water partition coefficient (Wildman–Crippen LogP) is 5.43. The van der Waals surface area contributed by atoms with Gasteiger partial charge in [-0.25, -0.2) is 0 Å². The van der Waals surface area contributed by atoms with E-state index in [1.807, 2.05) is 24.3 Å². The van der Waals surface area contributed by atoms with Crippen molar-refractivity contribution in [1.29, 1.82) is 0 Å². The minimum atomic E-state index is -0.00638. The van der Waals surface area contributed by atoms with E-state index in [0.717, 1.165) is 16.0 Å². The second-order valence-corrected chi connectivity index (χ2v) is 7.79. The van der Waals surface area contributed by atoms with Crippen LogP contribution in [0.15, 0.2) is 47.4 Å². The summed E-state index contributed by atoms with van der Waals surface area (Å²) < 4.78 is 30.0. The van der Waals surface area contributed by atoms with Crippen LogP contribution in [0.2, 0.25) is 0 Å². The lowest BCUT2D eigenvalue weighted by molar-refractivity contribution is 0.324. The molecule has 0 amide bonds. The Hall–Kier alpha value is -3.85. The van der Waals surface area contributed by atoms with Crippen molar-refractivity contribution in [3.8, 4) is 40.2 Å². The maximum absolute atomic E-state index is 10.3. The number of phenols is 2. The maximum Gasteiger partial charge on any atom is 0.203 e. The Balaban J connectivity index is 1.95. The number of benzene rings is 3. The van der Waals surface area contributed by atoms with Crippen LogP contribution in [0.5, 0.6) is 40.2 Å². The fourth-order valence-corrected chi connectivity index (χ4v) is 4.00. The number of nitrogens with one attached hydrogen (secondary N) is 1. The number of rotatable bonds is 10. The molecule has 0 fully saturated rings. The summed E-state index contributed by atoms with van der Waals surface area (Å²) in [5.41, 5.74) is 2.14. The first-order valence-corrected chi connectivity index (χ1v) is 10.9. The number of hydrogen-bond acceptors (Lipinski definition) is 9. The highest BCUT2D eigenvalue weighted by Gasteiger charge is 2.15. The van der Waals surface area contributed by atoms with Gasteiger partial charge in [0.1, 0.15) is 0 Å². The quantitative estimate of drug-likeness (QED) is 0.256. The molecule has 0 saturated heterocycles. The summed E-state index contributed by atoms with van der Waals surface area (Å²) in [6, 6.07) is 12.0. The van der Waals surface area contributed by atoms with Gasteiger partial charge in [0.15, 0.2) is 34.5 Å². The van der Waals surface area contributed by atoms with Crippen LogP contribution in [0.1, 0.15) is 11.1 Å². The molecule has 3 aromatic carbocycles. The smallest absolute Gasteiger partial charge is 0.203 e. The van der Waals surface area contributed by atoms with Gasteiger partial charge in [0.25, 0.3) is 0 Å². The Labute approximate surface area is 202 Å². The number of phenolic OH excluding ortho intramolecular Hbond substituents is 2. The van der Waals surface area contributed by atoms with E-state index in [1.54, 1.807) is 51.7 Å². The molecule has 0 aliphatic carbocycles. The second-order valence-electron chi connectivity index (χ2n) is 6.91. The number of ether oxygens (including phenoxy) is 5. The average Bonchev–Trinajstić information content (AvgIpc) is 2.86. The lowest BCUT2D eigenvalue weighted by Gasteiger charge is -2.15. The van der Waals surface area contributed by atoms with Crippen LogP contribution in [-0.2, 0) is 0 Å². The highest BCUT2D eigenvalue weighted by Crippen LogP contribution is 2.42. The summed E-state index contributed by atoms with van der Waals surface area (Å²) in [4.78, 5) is 0.739. The number of hydrogen-bond donors (Lipinski definition) is 3. The summed E-state index contributed by atoms with van der Waals surface area (Å²) >= 11 is 1.25. The molecular weight excluding hydrogens is 458 g/mol. The van der Waals surface area contributed by atoms with E-state index in [2.05, 4.69) is 4.72 Å². The van der Waals surface area contributed by atoms with Crippen molar-refractivity contribution in [2.45, 2.75) is 4.90 Å². The highest BCUT2D eigenvalue weighted by atomic mass is 32.2. The minimum Gasteiger partial charge on any atom is -0.504 e. The maximum atomic E-state index is 10.3. The molecule has 3 rings (SSSR count). The fraction of sp³-hybridized carbons (Fsp3) is 0.200. The molecule has 3 aromatic rings. The Bertz CT molecular complexity index is 1160. The Morgan fingerprint density at radius 3 is 1.88 bits per heavy atom.